The fourth-order valence-electron chi connectivity index (χ4n) is 2.70. The predicted molar refractivity (Wildman–Crippen MR) is 116 cm³/mol. The number of carbonyl (C=O) groups excluding carboxylic acids is 2. The first-order valence-electron chi connectivity index (χ1n) is 9.03. The van der Waals surface area contributed by atoms with E-state index in [2.05, 4.69) is 0 Å². The zero-order valence-electron chi connectivity index (χ0n) is 16.4. The molecule has 0 radical (unpaired) electrons. The highest BCUT2D eigenvalue weighted by Crippen LogP contribution is 2.28. The van der Waals surface area contributed by atoms with Gasteiger partial charge in [0.2, 0.25) is 0 Å². The summed E-state index contributed by atoms with van der Waals surface area (Å²) >= 11 is 6.01. The Balaban J connectivity index is 1.67. The molecule has 6 heteroatoms. The molecule has 30 heavy (non-hydrogen) atoms. The molecule has 0 heterocycles. The third-order valence-electron chi connectivity index (χ3n) is 4.28. The molecule has 0 aliphatic rings. The minimum absolute atomic E-state index is 0.186. The maximum Gasteiger partial charge on any atom is 0.345 e. The zero-order valence-corrected chi connectivity index (χ0v) is 17.2. The number of hydrogen-bond acceptors (Lipinski definition) is 5. The molecule has 5 nitrogen and oxygen atoms in total. The van der Waals surface area contributed by atoms with Gasteiger partial charge >= 0.3 is 5.97 Å². The summed E-state index contributed by atoms with van der Waals surface area (Å²) in [5, 5.41) is 0.314. The quantitative estimate of drug-likeness (QED) is 0.218. The Morgan fingerprint density at radius 3 is 2.23 bits per heavy atom. The normalized spacial score (nSPS) is 10.6. The first-order valence-corrected chi connectivity index (χ1v) is 9.41. The minimum atomic E-state index is -0.562. The highest BCUT2D eigenvalue weighted by atomic mass is 35.5. The second-order valence-electron chi connectivity index (χ2n) is 6.21. The fourth-order valence-corrected chi connectivity index (χ4v) is 2.91. The molecule has 0 spiro atoms. The lowest BCUT2D eigenvalue weighted by Crippen LogP contribution is -2.09. The molecule has 0 unspecified atom stereocenters. The number of methoxy groups -OCH3 is 2. The highest BCUT2D eigenvalue weighted by Gasteiger charge is 2.12. The van der Waals surface area contributed by atoms with Gasteiger partial charge in [0.25, 0.3) is 0 Å². The highest BCUT2D eigenvalue weighted by molar-refractivity contribution is 6.33. The van der Waals surface area contributed by atoms with Gasteiger partial charge in [-0.2, -0.15) is 0 Å². The van der Waals surface area contributed by atoms with Gasteiger partial charge in [-0.3, -0.25) is 4.79 Å². The summed E-state index contributed by atoms with van der Waals surface area (Å²) in [6.45, 7) is 0. The number of esters is 1. The van der Waals surface area contributed by atoms with Crippen LogP contribution in [0.25, 0.3) is 6.08 Å². The molecule has 0 amide bonds. The first-order chi connectivity index (χ1) is 14.5. The molecule has 0 N–H and O–H groups in total. The van der Waals surface area contributed by atoms with Crippen molar-refractivity contribution in [3.8, 4) is 17.2 Å². The van der Waals surface area contributed by atoms with E-state index in [1.807, 2.05) is 6.07 Å². The number of benzene rings is 3. The Hall–Kier alpha value is -3.57. The first kappa shape index (κ1) is 21.1. The van der Waals surface area contributed by atoms with Crippen LogP contribution in [0.15, 0.2) is 72.8 Å². The van der Waals surface area contributed by atoms with E-state index in [1.54, 1.807) is 81.0 Å². The zero-order chi connectivity index (χ0) is 21.5. The second-order valence-corrected chi connectivity index (χ2v) is 6.61. The Morgan fingerprint density at radius 2 is 1.57 bits per heavy atom. The van der Waals surface area contributed by atoms with Crippen molar-refractivity contribution in [2.45, 2.75) is 0 Å². The summed E-state index contributed by atoms with van der Waals surface area (Å²) in [4.78, 5) is 24.6. The second kappa shape index (κ2) is 9.76. The molecule has 0 saturated carbocycles. The van der Waals surface area contributed by atoms with Crippen molar-refractivity contribution >= 4 is 29.4 Å². The van der Waals surface area contributed by atoms with Crippen LogP contribution in [0.5, 0.6) is 17.2 Å². The van der Waals surface area contributed by atoms with Gasteiger partial charge in [-0.25, -0.2) is 4.79 Å². The number of halogens is 1. The number of rotatable bonds is 7. The Morgan fingerprint density at radius 1 is 0.867 bits per heavy atom. The van der Waals surface area contributed by atoms with Crippen molar-refractivity contribution in [2.24, 2.45) is 0 Å². The summed E-state index contributed by atoms with van der Waals surface area (Å²) in [6, 6.07) is 18.3. The van der Waals surface area contributed by atoms with Crippen LogP contribution < -0.4 is 14.2 Å². The summed E-state index contributed by atoms with van der Waals surface area (Å²) < 4.78 is 15.8. The molecule has 0 saturated heterocycles. The van der Waals surface area contributed by atoms with E-state index in [4.69, 9.17) is 25.8 Å². The van der Waals surface area contributed by atoms with Crippen molar-refractivity contribution in [2.75, 3.05) is 14.2 Å². The molecular weight excluding hydrogens is 404 g/mol. The van der Waals surface area contributed by atoms with Crippen LogP contribution in [0.2, 0.25) is 5.02 Å². The lowest BCUT2D eigenvalue weighted by atomic mass is 10.1. The van der Waals surface area contributed by atoms with E-state index in [1.165, 1.54) is 6.08 Å². The summed E-state index contributed by atoms with van der Waals surface area (Å²) in [5.41, 5.74) is 1.53. The molecule has 152 valence electrons. The van der Waals surface area contributed by atoms with Gasteiger partial charge in [0.15, 0.2) is 17.3 Å². The molecule has 3 aromatic carbocycles. The topological polar surface area (TPSA) is 61.8 Å². The van der Waals surface area contributed by atoms with Crippen LogP contribution in [0.4, 0.5) is 0 Å². The van der Waals surface area contributed by atoms with Crippen LogP contribution in [-0.2, 0) is 0 Å². The standard InChI is InChI=1S/C24H19ClO5/c1-28-22-14-8-16(15-23(22)29-2)7-13-21(26)17-9-11-18(12-10-17)30-24(27)19-5-3-4-6-20(19)25/h3-15H,1-2H3/b13-7+. The van der Waals surface area contributed by atoms with Gasteiger partial charge in [-0.15, -0.1) is 0 Å². The van der Waals surface area contributed by atoms with Gasteiger partial charge in [0, 0.05) is 5.56 Å². The number of hydrogen-bond donors (Lipinski definition) is 0. The van der Waals surface area contributed by atoms with Crippen LogP contribution in [-0.4, -0.2) is 26.0 Å². The van der Waals surface area contributed by atoms with Gasteiger partial charge in [0.1, 0.15) is 5.75 Å². The molecule has 0 aliphatic carbocycles. The van der Waals surface area contributed by atoms with Gasteiger partial charge in [-0.1, -0.05) is 35.9 Å². The lowest BCUT2D eigenvalue weighted by molar-refractivity contribution is 0.0735. The molecule has 3 rings (SSSR count). The predicted octanol–water partition coefficient (Wildman–Crippen LogP) is 5.47. The average molecular weight is 423 g/mol. The fraction of sp³-hybridized carbons (Fsp3) is 0.0833. The smallest absolute Gasteiger partial charge is 0.345 e. The van der Waals surface area contributed by atoms with E-state index in [0.29, 0.717) is 27.8 Å². The van der Waals surface area contributed by atoms with E-state index in [0.717, 1.165) is 5.56 Å². The van der Waals surface area contributed by atoms with Crippen LogP contribution >= 0.6 is 11.6 Å². The van der Waals surface area contributed by atoms with Gasteiger partial charge < -0.3 is 14.2 Å². The van der Waals surface area contributed by atoms with Crippen molar-refractivity contribution in [1.29, 1.82) is 0 Å². The number of ketones is 1. The molecule has 0 fully saturated rings. The van der Waals surface area contributed by atoms with E-state index < -0.39 is 5.97 Å². The van der Waals surface area contributed by atoms with Crippen LogP contribution in [0.3, 0.4) is 0 Å². The largest absolute Gasteiger partial charge is 0.493 e. The molecule has 3 aromatic rings. The SMILES string of the molecule is COc1ccc(/C=C/C(=O)c2ccc(OC(=O)c3ccccc3Cl)cc2)cc1OC. The molecule has 0 atom stereocenters. The Labute approximate surface area is 179 Å². The third-order valence-corrected chi connectivity index (χ3v) is 4.61. The van der Waals surface area contributed by atoms with Crippen molar-refractivity contribution in [3.05, 3.63) is 94.5 Å². The molecule has 0 aromatic heterocycles. The third kappa shape index (κ3) is 5.07. The lowest BCUT2D eigenvalue weighted by Gasteiger charge is -2.07. The Kier molecular flexibility index (Phi) is 6.88. The minimum Gasteiger partial charge on any atom is -0.493 e. The van der Waals surface area contributed by atoms with Crippen LogP contribution in [0.1, 0.15) is 26.3 Å². The molecular formula is C24H19ClO5. The number of ether oxygens (including phenoxy) is 3. The monoisotopic (exact) mass is 422 g/mol. The Bertz CT molecular complexity index is 1090. The summed E-state index contributed by atoms with van der Waals surface area (Å²) in [6.07, 6.45) is 3.15. The van der Waals surface area contributed by atoms with E-state index >= 15 is 0 Å². The van der Waals surface area contributed by atoms with E-state index in [-0.39, 0.29) is 11.3 Å². The molecule has 0 bridgehead atoms. The summed E-state index contributed by atoms with van der Waals surface area (Å²) in [7, 11) is 3.11. The van der Waals surface area contributed by atoms with Gasteiger partial charge in [0.05, 0.1) is 24.8 Å². The van der Waals surface area contributed by atoms with E-state index in [9.17, 15) is 9.59 Å². The summed E-state index contributed by atoms with van der Waals surface area (Å²) in [5.74, 6) is 0.766. The van der Waals surface area contributed by atoms with Crippen molar-refractivity contribution < 1.29 is 23.8 Å². The molecule has 0 aliphatic heterocycles. The number of allylic oxidation sites excluding steroid dienone is 1. The maximum atomic E-state index is 12.4. The maximum absolute atomic E-state index is 12.4. The van der Waals surface area contributed by atoms with Crippen molar-refractivity contribution in [1.82, 2.24) is 0 Å². The van der Waals surface area contributed by atoms with Gasteiger partial charge in [-0.05, 0) is 60.2 Å². The van der Waals surface area contributed by atoms with Crippen molar-refractivity contribution in [3.63, 3.8) is 0 Å². The average Bonchev–Trinajstić information content (AvgIpc) is 2.78. The van der Waals surface area contributed by atoms with Crippen LogP contribution in [0, 0.1) is 0 Å². The number of carbonyl (C=O) groups is 2.